The van der Waals surface area contributed by atoms with Gasteiger partial charge in [0.1, 0.15) is 5.75 Å². The van der Waals surface area contributed by atoms with Crippen molar-refractivity contribution in [3.63, 3.8) is 0 Å². The molecular weight excluding hydrogens is 278 g/mol. The van der Waals surface area contributed by atoms with Crippen molar-refractivity contribution in [3.8, 4) is 5.75 Å². The number of hydrogen-bond donors (Lipinski definition) is 1. The second kappa shape index (κ2) is 9.28. The monoisotopic (exact) mass is 300 g/mol. The predicted octanol–water partition coefficient (Wildman–Crippen LogP) is 2.53. The highest BCUT2D eigenvalue weighted by molar-refractivity contribution is 5.94. The highest BCUT2D eigenvalue weighted by Crippen LogP contribution is 2.15. The van der Waals surface area contributed by atoms with Crippen LogP contribution in [0.5, 0.6) is 5.75 Å². The van der Waals surface area contributed by atoms with Gasteiger partial charge in [-0.2, -0.15) is 0 Å². The summed E-state index contributed by atoms with van der Waals surface area (Å²) in [5.41, 5.74) is 5.71. The van der Waals surface area contributed by atoms with Crippen LogP contribution in [0.25, 0.3) is 0 Å². The number of amides is 1. The van der Waals surface area contributed by atoms with Gasteiger partial charge in [-0.05, 0) is 30.7 Å². The maximum Gasteiger partial charge on any atom is 0.255 e. The van der Waals surface area contributed by atoms with Gasteiger partial charge in [-0.25, -0.2) is 8.78 Å². The van der Waals surface area contributed by atoms with E-state index in [-0.39, 0.29) is 13.1 Å². The van der Waals surface area contributed by atoms with E-state index in [1.54, 1.807) is 24.3 Å². The molecule has 0 aromatic heterocycles. The fourth-order valence-corrected chi connectivity index (χ4v) is 1.81. The summed E-state index contributed by atoms with van der Waals surface area (Å²) >= 11 is 0. The highest BCUT2D eigenvalue weighted by atomic mass is 19.3. The second-order valence-corrected chi connectivity index (χ2v) is 4.66. The fraction of sp³-hybridized carbons (Fsp3) is 0.533. The van der Waals surface area contributed by atoms with Gasteiger partial charge < -0.3 is 15.4 Å². The molecule has 0 fully saturated rings. The van der Waals surface area contributed by atoms with Gasteiger partial charge in [-0.15, -0.1) is 0 Å². The van der Waals surface area contributed by atoms with E-state index in [2.05, 4.69) is 6.92 Å². The molecule has 0 aliphatic rings. The Morgan fingerprint density at radius 2 is 2.00 bits per heavy atom. The van der Waals surface area contributed by atoms with Gasteiger partial charge in [0.05, 0.1) is 13.2 Å². The predicted molar refractivity (Wildman–Crippen MR) is 77.8 cm³/mol. The fourth-order valence-electron chi connectivity index (χ4n) is 1.81. The largest absolute Gasteiger partial charge is 0.494 e. The number of rotatable bonds is 9. The number of hydrogen-bond acceptors (Lipinski definition) is 3. The van der Waals surface area contributed by atoms with Crippen LogP contribution in [0, 0.1) is 0 Å². The SMILES string of the molecule is CCCCOc1ccc(C(=O)N(CCN)CC(F)F)cc1. The molecule has 1 aromatic rings. The van der Waals surface area contributed by atoms with Crippen molar-refractivity contribution in [2.24, 2.45) is 5.73 Å². The number of halogens is 2. The van der Waals surface area contributed by atoms with Crippen molar-refractivity contribution in [3.05, 3.63) is 29.8 Å². The zero-order valence-corrected chi connectivity index (χ0v) is 12.2. The summed E-state index contributed by atoms with van der Waals surface area (Å²) < 4.78 is 30.4. The molecule has 1 rings (SSSR count). The van der Waals surface area contributed by atoms with E-state index in [1.165, 1.54) is 0 Å². The third kappa shape index (κ3) is 6.08. The van der Waals surface area contributed by atoms with Crippen LogP contribution < -0.4 is 10.5 Å². The van der Waals surface area contributed by atoms with E-state index >= 15 is 0 Å². The Morgan fingerprint density at radius 1 is 1.33 bits per heavy atom. The van der Waals surface area contributed by atoms with Crippen LogP contribution in [-0.4, -0.2) is 43.5 Å². The van der Waals surface area contributed by atoms with E-state index in [0.29, 0.717) is 17.9 Å². The Hall–Kier alpha value is -1.69. The molecule has 0 spiro atoms. The van der Waals surface area contributed by atoms with E-state index in [9.17, 15) is 13.6 Å². The summed E-state index contributed by atoms with van der Waals surface area (Å²) in [7, 11) is 0. The number of carbonyl (C=O) groups is 1. The van der Waals surface area contributed by atoms with Crippen molar-refractivity contribution in [1.82, 2.24) is 4.90 Å². The van der Waals surface area contributed by atoms with Crippen LogP contribution in [0.15, 0.2) is 24.3 Å². The zero-order valence-electron chi connectivity index (χ0n) is 12.2. The molecule has 6 heteroatoms. The van der Waals surface area contributed by atoms with Crippen molar-refractivity contribution < 1.29 is 18.3 Å². The van der Waals surface area contributed by atoms with Gasteiger partial charge in [0, 0.05) is 18.7 Å². The molecule has 2 N–H and O–H groups in total. The molecule has 0 bridgehead atoms. The molecule has 0 unspecified atom stereocenters. The third-order valence-electron chi connectivity index (χ3n) is 2.91. The summed E-state index contributed by atoms with van der Waals surface area (Å²) in [6.45, 7) is 2.34. The van der Waals surface area contributed by atoms with Crippen LogP contribution in [0.2, 0.25) is 0 Å². The highest BCUT2D eigenvalue weighted by Gasteiger charge is 2.19. The van der Waals surface area contributed by atoms with Gasteiger partial charge >= 0.3 is 0 Å². The minimum atomic E-state index is -2.57. The van der Waals surface area contributed by atoms with E-state index in [1.807, 2.05) is 0 Å². The molecule has 118 valence electrons. The smallest absolute Gasteiger partial charge is 0.255 e. The molecule has 0 radical (unpaired) electrons. The van der Waals surface area contributed by atoms with Gasteiger partial charge in [0.15, 0.2) is 0 Å². The summed E-state index contributed by atoms with van der Waals surface area (Å²) in [4.78, 5) is 13.2. The Bertz CT molecular complexity index is 424. The van der Waals surface area contributed by atoms with E-state index in [0.717, 1.165) is 17.7 Å². The lowest BCUT2D eigenvalue weighted by Crippen LogP contribution is -2.38. The Labute approximate surface area is 123 Å². The first kappa shape index (κ1) is 17.4. The normalized spacial score (nSPS) is 10.7. The molecule has 0 aliphatic carbocycles. The summed E-state index contributed by atoms with van der Waals surface area (Å²) in [6.07, 6.45) is -0.574. The Balaban J connectivity index is 2.67. The quantitative estimate of drug-likeness (QED) is 0.713. The van der Waals surface area contributed by atoms with Crippen molar-refractivity contribution >= 4 is 5.91 Å². The molecule has 21 heavy (non-hydrogen) atoms. The lowest BCUT2D eigenvalue weighted by molar-refractivity contribution is 0.0563. The molecule has 1 aromatic carbocycles. The molecule has 0 aliphatic heterocycles. The average molecular weight is 300 g/mol. The van der Waals surface area contributed by atoms with E-state index in [4.69, 9.17) is 10.5 Å². The summed E-state index contributed by atoms with van der Waals surface area (Å²) in [5, 5.41) is 0. The van der Waals surface area contributed by atoms with Crippen LogP contribution >= 0.6 is 0 Å². The molecule has 0 heterocycles. The standard InChI is InChI=1S/C15H22F2N2O2/c1-2-3-10-21-13-6-4-12(5-7-13)15(20)19(9-8-18)11-14(16)17/h4-7,14H,2-3,8-11,18H2,1H3. The molecule has 0 saturated carbocycles. The molecule has 0 saturated heterocycles. The third-order valence-corrected chi connectivity index (χ3v) is 2.91. The first-order chi connectivity index (χ1) is 10.1. The number of carbonyl (C=O) groups excluding carboxylic acids is 1. The Morgan fingerprint density at radius 3 is 2.52 bits per heavy atom. The summed E-state index contributed by atoms with van der Waals surface area (Å²) in [5.74, 6) is 0.222. The van der Waals surface area contributed by atoms with Crippen LogP contribution in [-0.2, 0) is 0 Å². The average Bonchev–Trinajstić information content (AvgIpc) is 2.47. The first-order valence-electron chi connectivity index (χ1n) is 7.08. The Kier molecular flexibility index (Phi) is 7.68. The minimum absolute atomic E-state index is 0.109. The van der Waals surface area contributed by atoms with Gasteiger partial charge in [0.2, 0.25) is 0 Å². The van der Waals surface area contributed by atoms with Gasteiger partial charge in [-0.3, -0.25) is 4.79 Å². The van der Waals surface area contributed by atoms with Gasteiger partial charge in [0.25, 0.3) is 12.3 Å². The first-order valence-corrected chi connectivity index (χ1v) is 7.08. The minimum Gasteiger partial charge on any atom is -0.494 e. The number of unbranched alkanes of at least 4 members (excludes halogenated alkanes) is 1. The van der Waals surface area contributed by atoms with Crippen molar-refractivity contribution in [2.45, 2.75) is 26.2 Å². The zero-order chi connectivity index (χ0) is 15.7. The number of nitrogens with two attached hydrogens (primary N) is 1. The lowest BCUT2D eigenvalue weighted by Gasteiger charge is -2.21. The number of nitrogens with zero attached hydrogens (tertiary/aromatic N) is 1. The van der Waals surface area contributed by atoms with Crippen LogP contribution in [0.4, 0.5) is 8.78 Å². The van der Waals surface area contributed by atoms with Crippen molar-refractivity contribution in [1.29, 1.82) is 0 Å². The maximum atomic E-state index is 12.5. The van der Waals surface area contributed by atoms with Crippen LogP contribution in [0.3, 0.4) is 0 Å². The van der Waals surface area contributed by atoms with Crippen LogP contribution in [0.1, 0.15) is 30.1 Å². The summed E-state index contributed by atoms with van der Waals surface area (Å²) in [6, 6.07) is 6.51. The second-order valence-electron chi connectivity index (χ2n) is 4.66. The van der Waals surface area contributed by atoms with Gasteiger partial charge in [-0.1, -0.05) is 13.3 Å². The van der Waals surface area contributed by atoms with Crippen molar-refractivity contribution in [2.75, 3.05) is 26.2 Å². The molecular formula is C15H22F2N2O2. The number of alkyl halides is 2. The number of benzene rings is 1. The maximum absolute atomic E-state index is 12.5. The lowest BCUT2D eigenvalue weighted by atomic mass is 10.2. The molecule has 4 nitrogen and oxygen atoms in total. The molecule has 0 atom stereocenters. The topological polar surface area (TPSA) is 55.6 Å². The number of ether oxygens (including phenoxy) is 1. The molecule has 1 amide bonds. The van der Waals surface area contributed by atoms with E-state index < -0.39 is 18.9 Å².